The first-order valence-electron chi connectivity index (χ1n) is 7.61. The number of aromatic amines is 1. The quantitative estimate of drug-likeness (QED) is 0.938. The van der Waals surface area contributed by atoms with E-state index >= 15 is 0 Å². The Labute approximate surface area is 126 Å². The van der Waals surface area contributed by atoms with Gasteiger partial charge in [-0.25, -0.2) is 0 Å². The van der Waals surface area contributed by atoms with Crippen molar-refractivity contribution in [1.82, 2.24) is 15.1 Å². The topological polar surface area (TPSA) is 41.1 Å². The Morgan fingerprint density at radius 2 is 2.05 bits per heavy atom. The van der Waals surface area contributed by atoms with E-state index in [2.05, 4.69) is 48.1 Å². The smallest absolute Gasteiger partial charge is 0.119 e. The van der Waals surface area contributed by atoms with Crippen molar-refractivity contribution in [2.24, 2.45) is 5.92 Å². The molecule has 0 radical (unpaired) electrons. The predicted molar refractivity (Wildman–Crippen MR) is 84.4 cm³/mol. The highest BCUT2D eigenvalue weighted by molar-refractivity contribution is 5.65. The lowest BCUT2D eigenvalue weighted by molar-refractivity contribution is 0.271. The Morgan fingerprint density at radius 1 is 1.29 bits per heavy atom. The van der Waals surface area contributed by atoms with E-state index in [0.29, 0.717) is 5.92 Å². The number of fused-ring (bicyclic) bond motifs is 1. The Hall–Kier alpha value is -1.81. The zero-order chi connectivity index (χ0) is 14.8. The van der Waals surface area contributed by atoms with Crippen LogP contribution in [0.15, 0.2) is 24.3 Å². The molecule has 1 N–H and O–H groups in total. The summed E-state index contributed by atoms with van der Waals surface area (Å²) in [4.78, 5) is 2.33. The molecule has 0 saturated heterocycles. The van der Waals surface area contributed by atoms with Gasteiger partial charge in [0.2, 0.25) is 0 Å². The lowest BCUT2D eigenvalue weighted by Crippen LogP contribution is -2.26. The van der Waals surface area contributed by atoms with E-state index in [4.69, 9.17) is 4.74 Å². The molecule has 1 aromatic heterocycles. The monoisotopic (exact) mass is 285 g/mol. The minimum absolute atomic E-state index is 0.540. The van der Waals surface area contributed by atoms with Crippen molar-refractivity contribution in [3.63, 3.8) is 0 Å². The summed E-state index contributed by atoms with van der Waals surface area (Å²) in [6.45, 7) is 7.12. The van der Waals surface area contributed by atoms with Crippen molar-refractivity contribution in [3.05, 3.63) is 35.5 Å². The summed E-state index contributed by atoms with van der Waals surface area (Å²) in [5.74, 6) is 1.47. The van der Waals surface area contributed by atoms with Crippen LogP contribution in [-0.2, 0) is 13.0 Å². The summed E-state index contributed by atoms with van der Waals surface area (Å²) < 4.78 is 5.73. The molecule has 1 aliphatic rings. The summed E-state index contributed by atoms with van der Waals surface area (Å²) in [6, 6.07) is 8.26. The average Bonchev–Trinajstić information content (AvgIpc) is 2.88. The van der Waals surface area contributed by atoms with E-state index in [-0.39, 0.29) is 0 Å². The van der Waals surface area contributed by atoms with Gasteiger partial charge in [0.1, 0.15) is 5.75 Å². The second-order valence-corrected chi connectivity index (χ2v) is 6.25. The third-order valence-electron chi connectivity index (χ3n) is 3.84. The summed E-state index contributed by atoms with van der Waals surface area (Å²) in [5, 5.41) is 7.71. The fraction of sp³-hybridized carbons (Fsp3) is 0.471. The molecular formula is C17H23N3O. The highest BCUT2D eigenvalue weighted by atomic mass is 16.5. The zero-order valence-corrected chi connectivity index (χ0v) is 13.0. The summed E-state index contributed by atoms with van der Waals surface area (Å²) in [7, 11) is 2.16. The number of rotatable bonds is 4. The Bertz CT molecular complexity index is 601. The molecule has 0 unspecified atom stereocenters. The van der Waals surface area contributed by atoms with Crippen LogP contribution in [-0.4, -0.2) is 35.3 Å². The van der Waals surface area contributed by atoms with Crippen molar-refractivity contribution < 1.29 is 4.74 Å². The number of nitrogens with one attached hydrogen (secondary N) is 1. The minimum Gasteiger partial charge on any atom is -0.493 e. The lowest BCUT2D eigenvalue weighted by Gasteiger charge is -2.22. The van der Waals surface area contributed by atoms with Crippen LogP contribution in [0.2, 0.25) is 0 Å². The molecule has 4 nitrogen and oxygen atoms in total. The first-order chi connectivity index (χ1) is 10.1. The SMILES string of the molecule is CC(C)COc1ccc(-c2n[nH]c3c2CN(C)CC3)cc1. The molecule has 0 atom stereocenters. The van der Waals surface area contributed by atoms with Crippen molar-refractivity contribution in [2.75, 3.05) is 20.2 Å². The number of ether oxygens (including phenoxy) is 1. The van der Waals surface area contributed by atoms with Crippen molar-refractivity contribution in [2.45, 2.75) is 26.8 Å². The van der Waals surface area contributed by atoms with Crippen molar-refractivity contribution in [3.8, 4) is 17.0 Å². The van der Waals surface area contributed by atoms with E-state index in [1.54, 1.807) is 0 Å². The van der Waals surface area contributed by atoms with Crippen LogP contribution in [0, 0.1) is 5.92 Å². The van der Waals surface area contributed by atoms with Gasteiger partial charge in [-0.2, -0.15) is 5.10 Å². The fourth-order valence-electron chi connectivity index (χ4n) is 2.64. The van der Waals surface area contributed by atoms with Crippen LogP contribution in [0.1, 0.15) is 25.1 Å². The van der Waals surface area contributed by atoms with Crippen LogP contribution in [0.25, 0.3) is 11.3 Å². The average molecular weight is 285 g/mol. The number of hydrogen-bond acceptors (Lipinski definition) is 3. The first kappa shape index (κ1) is 14.1. The Balaban J connectivity index is 1.80. The van der Waals surface area contributed by atoms with Crippen LogP contribution < -0.4 is 4.74 Å². The molecule has 0 saturated carbocycles. The Morgan fingerprint density at radius 3 is 2.76 bits per heavy atom. The summed E-state index contributed by atoms with van der Waals surface area (Å²) in [6.07, 6.45) is 1.05. The summed E-state index contributed by atoms with van der Waals surface area (Å²) in [5.41, 5.74) is 4.84. The highest BCUT2D eigenvalue weighted by Crippen LogP contribution is 2.29. The van der Waals surface area contributed by atoms with Crippen LogP contribution in [0.5, 0.6) is 5.75 Å². The van der Waals surface area contributed by atoms with Gasteiger partial charge in [-0.15, -0.1) is 0 Å². The normalized spacial score (nSPS) is 15.2. The number of nitrogens with zero attached hydrogens (tertiary/aromatic N) is 2. The third-order valence-corrected chi connectivity index (χ3v) is 3.84. The lowest BCUT2D eigenvalue weighted by atomic mass is 10.0. The van der Waals surface area contributed by atoms with Crippen LogP contribution in [0.4, 0.5) is 0 Å². The van der Waals surface area contributed by atoms with E-state index in [9.17, 15) is 0 Å². The molecule has 0 aliphatic carbocycles. The van der Waals surface area contributed by atoms with Crippen molar-refractivity contribution >= 4 is 0 Å². The molecule has 3 rings (SSSR count). The third kappa shape index (κ3) is 3.10. The van der Waals surface area contributed by atoms with Gasteiger partial charge in [0.05, 0.1) is 12.3 Å². The zero-order valence-electron chi connectivity index (χ0n) is 13.0. The van der Waals surface area contributed by atoms with Gasteiger partial charge in [0.15, 0.2) is 0 Å². The molecule has 2 heterocycles. The Kier molecular flexibility index (Phi) is 3.97. The number of hydrogen-bond donors (Lipinski definition) is 1. The molecule has 2 aromatic rings. The molecule has 112 valence electrons. The van der Waals surface area contributed by atoms with E-state index in [1.807, 2.05) is 12.1 Å². The molecular weight excluding hydrogens is 262 g/mol. The molecule has 4 heteroatoms. The van der Waals surface area contributed by atoms with E-state index < -0.39 is 0 Å². The van der Waals surface area contributed by atoms with Crippen LogP contribution >= 0.6 is 0 Å². The highest BCUT2D eigenvalue weighted by Gasteiger charge is 2.20. The van der Waals surface area contributed by atoms with Gasteiger partial charge in [-0.3, -0.25) is 5.10 Å². The maximum absolute atomic E-state index is 5.73. The predicted octanol–water partition coefficient (Wildman–Crippen LogP) is 3.10. The molecule has 0 fully saturated rings. The van der Waals surface area contributed by atoms with E-state index in [1.165, 1.54) is 11.3 Å². The van der Waals surface area contributed by atoms with Gasteiger partial charge in [-0.1, -0.05) is 13.8 Å². The standard InChI is InChI=1S/C17H23N3O/c1-12(2)11-21-14-6-4-13(5-7-14)17-15-10-20(3)9-8-16(15)18-19-17/h4-7,12H,8-11H2,1-3H3,(H,18,19). The molecule has 1 aliphatic heterocycles. The van der Waals surface area contributed by atoms with Gasteiger partial charge < -0.3 is 9.64 Å². The van der Waals surface area contributed by atoms with Gasteiger partial charge in [-0.05, 0) is 37.2 Å². The first-order valence-corrected chi connectivity index (χ1v) is 7.61. The molecule has 0 bridgehead atoms. The van der Waals surface area contributed by atoms with Gasteiger partial charge >= 0.3 is 0 Å². The van der Waals surface area contributed by atoms with E-state index in [0.717, 1.165) is 43.1 Å². The molecule has 1 aromatic carbocycles. The molecule has 21 heavy (non-hydrogen) atoms. The maximum atomic E-state index is 5.73. The maximum Gasteiger partial charge on any atom is 0.119 e. The van der Waals surface area contributed by atoms with Crippen molar-refractivity contribution in [1.29, 1.82) is 0 Å². The number of H-pyrrole nitrogens is 1. The van der Waals surface area contributed by atoms with Crippen LogP contribution in [0.3, 0.4) is 0 Å². The number of benzene rings is 1. The van der Waals surface area contributed by atoms with Gasteiger partial charge in [0, 0.05) is 36.3 Å². The second-order valence-electron chi connectivity index (χ2n) is 6.25. The fourth-order valence-corrected chi connectivity index (χ4v) is 2.64. The minimum atomic E-state index is 0.540. The number of aromatic nitrogens is 2. The molecule has 0 amide bonds. The molecule has 0 spiro atoms. The summed E-state index contributed by atoms with van der Waals surface area (Å²) >= 11 is 0. The number of likely N-dealkylation sites (N-methyl/N-ethyl adjacent to an activating group) is 1. The second kappa shape index (κ2) is 5.90. The van der Waals surface area contributed by atoms with Gasteiger partial charge in [0.25, 0.3) is 0 Å². The largest absolute Gasteiger partial charge is 0.493 e.